The summed E-state index contributed by atoms with van der Waals surface area (Å²) >= 11 is 0. The zero-order chi connectivity index (χ0) is 9.40. The fourth-order valence-electron chi connectivity index (χ4n) is 0.784. The van der Waals surface area contributed by atoms with E-state index in [4.69, 9.17) is 4.74 Å². The van der Waals surface area contributed by atoms with Crippen LogP contribution < -0.4 is 5.32 Å². The molecule has 0 aromatic rings. The highest BCUT2D eigenvalue weighted by atomic mass is 16.5. The predicted octanol–water partition coefficient (Wildman–Crippen LogP) is 0.174. The number of methoxy groups -OCH3 is 1. The van der Waals surface area contributed by atoms with Crippen LogP contribution in [0.25, 0.3) is 0 Å². The van der Waals surface area contributed by atoms with Crippen LogP contribution in [-0.2, 0) is 14.3 Å². The maximum atomic E-state index is 10.9. The lowest BCUT2D eigenvalue weighted by Gasteiger charge is -2.12. The highest BCUT2D eigenvalue weighted by Crippen LogP contribution is 1.84. The molecule has 1 N–H and O–H groups in total. The number of carbonyl (C=O) groups is 1. The number of hydrogen-bond acceptors (Lipinski definition) is 3. The molecule has 0 aliphatic carbocycles. The lowest BCUT2D eigenvalue weighted by atomic mass is 10.3. The maximum absolute atomic E-state index is 10.9. The van der Waals surface area contributed by atoms with E-state index in [1.807, 2.05) is 13.8 Å². The Morgan fingerprint density at radius 2 is 2.25 bits per heavy atom. The minimum Gasteiger partial charge on any atom is -0.380 e. The average molecular weight is 175 g/mol. The second-order valence-electron chi connectivity index (χ2n) is 2.56. The van der Waals surface area contributed by atoms with Gasteiger partial charge >= 0.3 is 0 Å². The molecule has 0 aliphatic heterocycles. The van der Waals surface area contributed by atoms with Gasteiger partial charge in [-0.25, -0.2) is 0 Å². The van der Waals surface area contributed by atoms with Crippen LogP contribution in [0.15, 0.2) is 0 Å². The molecule has 0 bridgehead atoms. The molecule has 0 saturated carbocycles. The number of nitrogens with one attached hydrogen (secondary N) is 1. The molecule has 1 unspecified atom stereocenters. The molecule has 1 amide bonds. The van der Waals surface area contributed by atoms with Gasteiger partial charge in [0.15, 0.2) is 0 Å². The first-order valence-corrected chi connectivity index (χ1v) is 4.06. The van der Waals surface area contributed by atoms with E-state index >= 15 is 0 Å². The minimum atomic E-state index is -0.107. The second kappa shape index (κ2) is 7.06. The molecule has 4 nitrogen and oxygen atoms in total. The van der Waals surface area contributed by atoms with Crippen LogP contribution >= 0.6 is 0 Å². The van der Waals surface area contributed by atoms with Crippen molar-refractivity contribution in [3.8, 4) is 0 Å². The van der Waals surface area contributed by atoms with E-state index < -0.39 is 0 Å². The summed E-state index contributed by atoms with van der Waals surface area (Å²) in [6, 6.07) is 0.0487. The molecule has 1 atom stereocenters. The molecule has 0 fully saturated rings. The minimum absolute atomic E-state index is 0.0487. The Kier molecular flexibility index (Phi) is 6.70. The van der Waals surface area contributed by atoms with Crippen molar-refractivity contribution >= 4 is 5.91 Å². The molecule has 0 rings (SSSR count). The largest absolute Gasteiger partial charge is 0.380 e. The highest BCUT2D eigenvalue weighted by Gasteiger charge is 2.05. The third kappa shape index (κ3) is 6.12. The first-order chi connectivity index (χ1) is 5.70. The summed E-state index contributed by atoms with van der Waals surface area (Å²) in [7, 11) is 1.49. The topological polar surface area (TPSA) is 47.6 Å². The van der Waals surface area contributed by atoms with E-state index in [0.717, 1.165) is 0 Å². The third-order valence-corrected chi connectivity index (χ3v) is 1.25. The zero-order valence-corrected chi connectivity index (χ0v) is 7.92. The van der Waals surface area contributed by atoms with Crippen LogP contribution in [0.5, 0.6) is 0 Å². The Bertz CT molecular complexity index is 127. The SMILES string of the molecule is CCOCC(C)NC(=O)COC. The Morgan fingerprint density at radius 1 is 1.58 bits per heavy atom. The molecule has 0 aliphatic rings. The van der Waals surface area contributed by atoms with Gasteiger partial charge in [-0.3, -0.25) is 4.79 Å². The maximum Gasteiger partial charge on any atom is 0.246 e. The molecule has 0 saturated heterocycles. The van der Waals surface area contributed by atoms with Gasteiger partial charge in [0.25, 0.3) is 0 Å². The molecule has 0 aromatic carbocycles. The van der Waals surface area contributed by atoms with Crippen LogP contribution in [0.3, 0.4) is 0 Å². The Morgan fingerprint density at radius 3 is 2.75 bits per heavy atom. The lowest BCUT2D eigenvalue weighted by molar-refractivity contribution is -0.125. The number of ether oxygens (including phenoxy) is 2. The van der Waals surface area contributed by atoms with Crippen molar-refractivity contribution in [2.45, 2.75) is 19.9 Å². The van der Waals surface area contributed by atoms with Crippen molar-refractivity contribution in [2.24, 2.45) is 0 Å². The fraction of sp³-hybridized carbons (Fsp3) is 0.875. The average Bonchev–Trinajstić information content (AvgIpc) is 2.01. The van der Waals surface area contributed by atoms with Gasteiger partial charge in [0.2, 0.25) is 5.91 Å². The zero-order valence-electron chi connectivity index (χ0n) is 7.92. The van der Waals surface area contributed by atoms with Crippen LogP contribution in [0.2, 0.25) is 0 Å². The lowest BCUT2D eigenvalue weighted by Crippen LogP contribution is -2.37. The van der Waals surface area contributed by atoms with Crippen molar-refractivity contribution in [3.05, 3.63) is 0 Å². The van der Waals surface area contributed by atoms with Crippen LogP contribution in [0.1, 0.15) is 13.8 Å². The predicted molar refractivity (Wildman–Crippen MR) is 46.0 cm³/mol. The number of carbonyl (C=O) groups excluding carboxylic acids is 1. The van der Waals surface area contributed by atoms with Crippen molar-refractivity contribution < 1.29 is 14.3 Å². The molecular formula is C8H17NO3. The summed E-state index contributed by atoms with van der Waals surface area (Å²) in [6.45, 7) is 5.14. The summed E-state index contributed by atoms with van der Waals surface area (Å²) in [4.78, 5) is 10.9. The first-order valence-electron chi connectivity index (χ1n) is 4.06. The van der Waals surface area contributed by atoms with E-state index in [-0.39, 0.29) is 18.6 Å². The summed E-state index contributed by atoms with van der Waals surface area (Å²) in [5.74, 6) is -0.107. The quantitative estimate of drug-likeness (QED) is 0.626. The van der Waals surface area contributed by atoms with E-state index in [9.17, 15) is 4.79 Å². The Hall–Kier alpha value is -0.610. The van der Waals surface area contributed by atoms with Gasteiger partial charge in [-0.1, -0.05) is 0 Å². The molecule has 0 spiro atoms. The van der Waals surface area contributed by atoms with Crippen LogP contribution in [0.4, 0.5) is 0 Å². The monoisotopic (exact) mass is 175 g/mol. The molecule has 0 heterocycles. The smallest absolute Gasteiger partial charge is 0.246 e. The third-order valence-electron chi connectivity index (χ3n) is 1.25. The van der Waals surface area contributed by atoms with Crippen molar-refractivity contribution in [1.82, 2.24) is 5.32 Å². The van der Waals surface area contributed by atoms with Gasteiger partial charge in [0.1, 0.15) is 6.61 Å². The van der Waals surface area contributed by atoms with Gasteiger partial charge in [-0.2, -0.15) is 0 Å². The Balaban J connectivity index is 3.40. The molecule has 72 valence electrons. The van der Waals surface area contributed by atoms with Crippen molar-refractivity contribution in [1.29, 1.82) is 0 Å². The molecule has 0 aromatic heterocycles. The van der Waals surface area contributed by atoms with Gasteiger partial charge in [0, 0.05) is 19.8 Å². The summed E-state index contributed by atoms with van der Waals surface area (Å²) in [5, 5.41) is 2.73. The summed E-state index contributed by atoms with van der Waals surface area (Å²) < 4.78 is 9.77. The van der Waals surface area contributed by atoms with Gasteiger partial charge < -0.3 is 14.8 Å². The van der Waals surface area contributed by atoms with Gasteiger partial charge in [0.05, 0.1) is 6.61 Å². The van der Waals surface area contributed by atoms with Crippen LogP contribution in [-0.4, -0.2) is 38.9 Å². The van der Waals surface area contributed by atoms with Crippen molar-refractivity contribution in [3.63, 3.8) is 0 Å². The van der Waals surface area contributed by atoms with Gasteiger partial charge in [-0.05, 0) is 13.8 Å². The van der Waals surface area contributed by atoms with Gasteiger partial charge in [-0.15, -0.1) is 0 Å². The summed E-state index contributed by atoms with van der Waals surface area (Å²) in [6.07, 6.45) is 0. The highest BCUT2D eigenvalue weighted by molar-refractivity contribution is 5.77. The van der Waals surface area contributed by atoms with E-state index in [1.165, 1.54) is 7.11 Å². The normalized spacial score (nSPS) is 12.6. The number of amides is 1. The van der Waals surface area contributed by atoms with E-state index in [1.54, 1.807) is 0 Å². The summed E-state index contributed by atoms with van der Waals surface area (Å²) in [5.41, 5.74) is 0. The van der Waals surface area contributed by atoms with E-state index in [0.29, 0.717) is 13.2 Å². The van der Waals surface area contributed by atoms with E-state index in [2.05, 4.69) is 10.1 Å². The number of rotatable bonds is 6. The molecule has 12 heavy (non-hydrogen) atoms. The second-order valence-corrected chi connectivity index (χ2v) is 2.56. The van der Waals surface area contributed by atoms with Crippen LogP contribution in [0, 0.1) is 0 Å². The Labute approximate surface area is 73.2 Å². The molecular weight excluding hydrogens is 158 g/mol. The molecule has 4 heteroatoms. The number of hydrogen-bond donors (Lipinski definition) is 1. The first kappa shape index (κ1) is 11.4. The standard InChI is InChI=1S/C8H17NO3/c1-4-12-5-7(2)9-8(10)6-11-3/h7H,4-6H2,1-3H3,(H,9,10). The fourth-order valence-corrected chi connectivity index (χ4v) is 0.784. The molecule has 0 radical (unpaired) electrons. The van der Waals surface area contributed by atoms with Crippen molar-refractivity contribution in [2.75, 3.05) is 26.9 Å².